The maximum absolute atomic E-state index is 5.27. The van der Waals surface area contributed by atoms with Crippen LogP contribution in [-0.4, -0.2) is 29.9 Å². The third-order valence-electron chi connectivity index (χ3n) is 11.8. The van der Waals surface area contributed by atoms with Crippen LogP contribution < -0.4 is 9.80 Å². The number of aromatic nitrogens is 6. The van der Waals surface area contributed by atoms with E-state index in [1.165, 1.54) is 41.5 Å². The van der Waals surface area contributed by atoms with Crippen LogP contribution >= 0.6 is 0 Å². The van der Waals surface area contributed by atoms with E-state index in [1.54, 1.807) is 0 Å². The van der Waals surface area contributed by atoms with Crippen LogP contribution in [0.2, 0.25) is 0 Å². The number of hydrogen-bond acceptors (Lipinski definition) is 8. The Kier molecular flexibility index (Phi) is 12.6. The van der Waals surface area contributed by atoms with E-state index in [9.17, 15) is 0 Å². The molecule has 2 aliphatic rings. The Balaban J connectivity index is 0.000000735. The Hall–Kier alpha value is -7.84. The maximum Gasteiger partial charge on any atom is 0.238 e. The van der Waals surface area contributed by atoms with E-state index in [2.05, 4.69) is 112 Å². The Morgan fingerprint density at radius 3 is 1.06 bits per heavy atom. The number of rotatable bonds is 7. The van der Waals surface area contributed by atoms with E-state index >= 15 is 0 Å². The van der Waals surface area contributed by atoms with Crippen LogP contribution in [-0.2, 0) is 5.41 Å². The largest absolute Gasteiger partial charge is 0.275 e. The van der Waals surface area contributed by atoms with Gasteiger partial charge in [-0.05, 0) is 46.5 Å². The molecule has 0 fully saturated rings. The lowest BCUT2D eigenvalue weighted by atomic mass is 9.82. The van der Waals surface area contributed by atoms with Gasteiger partial charge in [0.1, 0.15) is 0 Å². The van der Waals surface area contributed by atoms with Crippen molar-refractivity contribution in [3.05, 3.63) is 193 Å². The average molecular weight is 863 g/mol. The summed E-state index contributed by atoms with van der Waals surface area (Å²) in [5, 5.41) is 0. The van der Waals surface area contributed by atoms with Crippen molar-refractivity contribution in [3.8, 4) is 56.7 Å². The molecule has 0 atom stereocenters. The van der Waals surface area contributed by atoms with E-state index in [1.807, 2.05) is 121 Å². The number of para-hydroxylation sites is 2. The quantitative estimate of drug-likeness (QED) is 0.157. The first kappa shape index (κ1) is 43.4. The van der Waals surface area contributed by atoms with Crippen LogP contribution in [0.5, 0.6) is 0 Å². The SMILES string of the molecule is CC1(C)c2ccccc2-c2cc3c(cc21)N(c1nc(-c2ccccc2)nc(-c2ccccc2)n1)c1ccccc1N3c1nc(-c2ccccc2)nc(-c2ccccc2)n1.CCC.CCCC. The molecule has 1 aliphatic heterocycles. The summed E-state index contributed by atoms with van der Waals surface area (Å²) >= 11 is 0. The summed E-state index contributed by atoms with van der Waals surface area (Å²) in [7, 11) is 0. The highest BCUT2D eigenvalue weighted by Gasteiger charge is 2.41. The first-order valence-corrected chi connectivity index (χ1v) is 23.1. The second-order valence-electron chi connectivity index (χ2n) is 17.0. The first-order valence-electron chi connectivity index (χ1n) is 23.1. The van der Waals surface area contributed by atoms with Crippen molar-refractivity contribution in [3.63, 3.8) is 0 Å². The Morgan fingerprint density at radius 1 is 0.348 bits per heavy atom. The summed E-state index contributed by atoms with van der Waals surface area (Å²) < 4.78 is 0. The molecule has 3 heterocycles. The molecular weight excluding hydrogens is 809 g/mol. The number of anilines is 6. The molecule has 0 bridgehead atoms. The predicted molar refractivity (Wildman–Crippen MR) is 272 cm³/mol. The molecule has 1 aliphatic carbocycles. The van der Waals surface area contributed by atoms with Gasteiger partial charge in [-0.3, -0.25) is 9.80 Å². The molecule has 8 heteroatoms. The summed E-state index contributed by atoms with van der Waals surface area (Å²) in [5.41, 5.74) is 11.7. The van der Waals surface area contributed by atoms with Gasteiger partial charge in [0.2, 0.25) is 11.9 Å². The summed E-state index contributed by atoms with van der Waals surface area (Å²) in [4.78, 5) is 35.5. The zero-order chi connectivity index (χ0) is 45.6. The second kappa shape index (κ2) is 19.1. The van der Waals surface area contributed by atoms with Gasteiger partial charge in [0, 0.05) is 27.7 Å². The maximum atomic E-state index is 5.27. The lowest BCUT2D eigenvalue weighted by molar-refractivity contribution is 0.660. The Morgan fingerprint density at radius 2 is 0.682 bits per heavy atom. The van der Waals surface area contributed by atoms with E-state index in [-0.39, 0.29) is 5.41 Å². The van der Waals surface area contributed by atoms with E-state index < -0.39 is 0 Å². The smallest absolute Gasteiger partial charge is 0.238 e. The second-order valence-corrected chi connectivity index (χ2v) is 17.0. The van der Waals surface area contributed by atoms with Crippen LogP contribution in [0.3, 0.4) is 0 Å². The average Bonchev–Trinajstić information content (AvgIpc) is 3.60. The molecular formula is C58H54N8. The molecule has 0 saturated carbocycles. The first-order chi connectivity index (χ1) is 32.3. The van der Waals surface area contributed by atoms with Gasteiger partial charge in [-0.15, -0.1) is 0 Å². The third-order valence-corrected chi connectivity index (χ3v) is 11.8. The van der Waals surface area contributed by atoms with Gasteiger partial charge in [-0.2, -0.15) is 19.9 Å². The van der Waals surface area contributed by atoms with Gasteiger partial charge in [-0.1, -0.05) is 219 Å². The fourth-order valence-electron chi connectivity index (χ4n) is 8.41. The molecule has 9 aromatic rings. The van der Waals surface area contributed by atoms with Gasteiger partial charge in [0.25, 0.3) is 0 Å². The number of fused-ring (bicyclic) bond motifs is 5. The van der Waals surface area contributed by atoms with Gasteiger partial charge < -0.3 is 0 Å². The zero-order valence-corrected chi connectivity index (χ0v) is 38.5. The third kappa shape index (κ3) is 8.34. The lowest BCUT2D eigenvalue weighted by Gasteiger charge is -2.39. The minimum atomic E-state index is -0.272. The molecule has 7 aromatic carbocycles. The Bertz CT molecular complexity index is 2970. The van der Waals surface area contributed by atoms with Gasteiger partial charge >= 0.3 is 0 Å². The van der Waals surface area contributed by atoms with Crippen molar-refractivity contribution in [1.82, 2.24) is 29.9 Å². The highest BCUT2D eigenvalue weighted by molar-refractivity contribution is 6.03. The molecule has 0 radical (unpaired) electrons. The molecule has 0 amide bonds. The molecule has 11 rings (SSSR count). The zero-order valence-electron chi connectivity index (χ0n) is 38.5. The highest BCUT2D eigenvalue weighted by Crippen LogP contribution is 2.58. The molecule has 0 spiro atoms. The van der Waals surface area contributed by atoms with E-state index in [0.717, 1.165) is 45.0 Å². The normalized spacial score (nSPS) is 12.6. The van der Waals surface area contributed by atoms with Crippen LogP contribution in [0, 0.1) is 0 Å². The minimum absolute atomic E-state index is 0.272. The summed E-state index contributed by atoms with van der Waals surface area (Å²) in [6.45, 7) is 13.2. The summed E-state index contributed by atoms with van der Waals surface area (Å²) in [6, 6.07) is 62.0. The van der Waals surface area contributed by atoms with E-state index in [4.69, 9.17) is 29.9 Å². The lowest BCUT2D eigenvalue weighted by Crippen LogP contribution is -2.27. The summed E-state index contributed by atoms with van der Waals surface area (Å²) in [5.74, 6) is 3.35. The monoisotopic (exact) mass is 862 g/mol. The van der Waals surface area contributed by atoms with Crippen LogP contribution in [0.1, 0.15) is 71.9 Å². The van der Waals surface area contributed by atoms with Crippen molar-refractivity contribution >= 4 is 34.6 Å². The summed E-state index contributed by atoms with van der Waals surface area (Å²) in [6.07, 6.45) is 3.89. The standard InChI is InChI=1S/C51H36N8.C4H10.C3H8/c1-51(2)39-28-16-15-27-37(39)38-31-43-44(32-40(38)51)59(50-56-47(35-23-11-5-12-24-35)53-48(57-50)36-25-13-6-14-26-36)42-30-18-17-29-41(42)58(43)49-54-45(33-19-7-3-8-20-33)52-46(55-49)34-21-9-4-10-22-34;1-3-4-2;1-3-2/h3-32H,1-2H3;3-4H2,1-2H3;3H2,1-2H3. The van der Waals surface area contributed by atoms with Gasteiger partial charge in [0.05, 0.1) is 22.7 Å². The molecule has 8 nitrogen and oxygen atoms in total. The van der Waals surface area contributed by atoms with Crippen LogP contribution in [0.15, 0.2) is 182 Å². The molecule has 66 heavy (non-hydrogen) atoms. The Labute approximate surface area is 388 Å². The molecule has 326 valence electrons. The van der Waals surface area contributed by atoms with E-state index in [0.29, 0.717) is 35.2 Å². The fourth-order valence-corrected chi connectivity index (χ4v) is 8.41. The number of hydrogen-bond donors (Lipinski definition) is 0. The molecule has 0 N–H and O–H groups in total. The molecule has 0 saturated heterocycles. The van der Waals surface area contributed by atoms with Crippen molar-refractivity contribution in [2.24, 2.45) is 0 Å². The molecule has 0 unspecified atom stereocenters. The topological polar surface area (TPSA) is 83.8 Å². The van der Waals surface area contributed by atoms with Gasteiger partial charge in [-0.25, -0.2) is 9.97 Å². The number of benzene rings is 7. The molecule has 2 aromatic heterocycles. The number of unbranched alkanes of at least 4 members (excludes halogenated alkanes) is 1. The van der Waals surface area contributed by atoms with Gasteiger partial charge in [0.15, 0.2) is 23.3 Å². The van der Waals surface area contributed by atoms with Crippen LogP contribution in [0.4, 0.5) is 34.6 Å². The highest BCUT2D eigenvalue weighted by atomic mass is 15.4. The van der Waals surface area contributed by atoms with Crippen LogP contribution in [0.25, 0.3) is 56.7 Å². The predicted octanol–water partition coefficient (Wildman–Crippen LogP) is 15.5. The van der Waals surface area contributed by atoms with Crippen molar-refractivity contribution in [2.45, 2.75) is 66.2 Å². The minimum Gasteiger partial charge on any atom is -0.275 e. The van der Waals surface area contributed by atoms with Crippen molar-refractivity contribution in [2.75, 3.05) is 9.80 Å². The fraction of sp³-hybridized carbons (Fsp3) is 0.172. The number of nitrogens with zero attached hydrogens (tertiary/aromatic N) is 8. The van der Waals surface area contributed by atoms with Crippen molar-refractivity contribution < 1.29 is 0 Å². The van der Waals surface area contributed by atoms with Crippen molar-refractivity contribution in [1.29, 1.82) is 0 Å².